The van der Waals surface area contributed by atoms with Crippen LogP contribution >= 0.6 is 11.6 Å². The van der Waals surface area contributed by atoms with E-state index in [9.17, 15) is 9.18 Å². The zero-order chi connectivity index (χ0) is 14.5. The first-order chi connectivity index (χ1) is 9.60. The normalized spacial score (nSPS) is 11.9. The summed E-state index contributed by atoms with van der Waals surface area (Å²) in [6.45, 7) is 0. The molecular formula is C16H14ClFO2. The Morgan fingerprint density at radius 3 is 2.25 bits per heavy atom. The maximum atomic E-state index is 12.9. The van der Waals surface area contributed by atoms with E-state index in [4.69, 9.17) is 16.3 Å². The molecule has 0 N–H and O–H groups in total. The van der Waals surface area contributed by atoms with Gasteiger partial charge in [-0.3, -0.25) is 4.79 Å². The summed E-state index contributed by atoms with van der Waals surface area (Å²) >= 11 is 5.69. The Bertz CT molecular complexity index is 578. The molecule has 2 aromatic rings. The monoisotopic (exact) mass is 292 g/mol. The molecule has 0 saturated heterocycles. The molecule has 2 rings (SSSR count). The minimum atomic E-state index is -0.451. The van der Waals surface area contributed by atoms with Gasteiger partial charge in [-0.2, -0.15) is 0 Å². The lowest BCUT2D eigenvalue weighted by Gasteiger charge is -2.13. The third-order valence-electron chi connectivity index (χ3n) is 3.15. The number of rotatable bonds is 5. The topological polar surface area (TPSA) is 26.3 Å². The van der Waals surface area contributed by atoms with Crippen LogP contribution in [0.2, 0.25) is 0 Å². The van der Waals surface area contributed by atoms with Crippen molar-refractivity contribution in [1.82, 2.24) is 0 Å². The summed E-state index contributed by atoms with van der Waals surface area (Å²) in [4.78, 5) is 11.6. The smallest absolute Gasteiger partial charge is 0.229 e. The number of ether oxygens (including phenoxy) is 1. The first-order valence-electron chi connectivity index (χ1n) is 6.18. The van der Waals surface area contributed by atoms with Crippen molar-refractivity contribution in [2.24, 2.45) is 0 Å². The molecule has 0 radical (unpaired) electrons. The molecule has 0 aliphatic heterocycles. The minimum Gasteiger partial charge on any atom is -0.497 e. The predicted molar refractivity (Wildman–Crippen MR) is 76.7 cm³/mol. The van der Waals surface area contributed by atoms with Crippen molar-refractivity contribution >= 4 is 16.8 Å². The molecule has 0 spiro atoms. The largest absolute Gasteiger partial charge is 0.497 e. The van der Waals surface area contributed by atoms with Crippen molar-refractivity contribution in [3.05, 3.63) is 65.5 Å². The summed E-state index contributed by atoms with van der Waals surface area (Å²) in [7, 11) is 1.58. The number of halogens is 2. The fourth-order valence-electron chi connectivity index (χ4n) is 2.02. The van der Waals surface area contributed by atoms with E-state index in [1.807, 2.05) is 12.1 Å². The van der Waals surface area contributed by atoms with E-state index < -0.39 is 11.2 Å². The highest BCUT2D eigenvalue weighted by atomic mass is 35.5. The first kappa shape index (κ1) is 14.5. The average molecular weight is 293 g/mol. The maximum Gasteiger partial charge on any atom is 0.229 e. The lowest BCUT2D eigenvalue weighted by atomic mass is 9.93. The molecule has 0 amide bonds. The second-order valence-corrected chi connectivity index (χ2v) is 4.83. The number of methoxy groups -OCH3 is 1. The van der Waals surface area contributed by atoms with Crippen LogP contribution in [0.3, 0.4) is 0 Å². The first-order valence-corrected chi connectivity index (χ1v) is 6.55. The van der Waals surface area contributed by atoms with E-state index in [2.05, 4.69) is 0 Å². The standard InChI is InChI=1S/C16H14ClFO2/c1-20-14-8-4-12(5-9-14)15(16(17)19)10-11-2-6-13(18)7-3-11/h2-9,15H,10H2,1H3. The highest BCUT2D eigenvalue weighted by Gasteiger charge is 2.19. The molecule has 1 atom stereocenters. The van der Waals surface area contributed by atoms with Crippen LogP contribution in [0.4, 0.5) is 4.39 Å². The lowest BCUT2D eigenvalue weighted by Crippen LogP contribution is -2.10. The van der Waals surface area contributed by atoms with Gasteiger partial charge in [0.2, 0.25) is 5.24 Å². The minimum absolute atomic E-state index is 0.299. The molecule has 0 fully saturated rings. The van der Waals surface area contributed by atoms with Crippen molar-refractivity contribution in [2.75, 3.05) is 7.11 Å². The van der Waals surface area contributed by atoms with Crippen molar-refractivity contribution < 1.29 is 13.9 Å². The molecule has 20 heavy (non-hydrogen) atoms. The quantitative estimate of drug-likeness (QED) is 0.781. The number of carbonyl (C=O) groups excluding carboxylic acids is 1. The van der Waals surface area contributed by atoms with Crippen molar-refractivity contribution in [3.8, 4) is 5.75 Å². The summed E-state index contributed by atoms with van der Waals surface area (Å²) in [5.74, 6) is -0.0312. The molecule has 0 saturated carbocycles. The predicted octanol–water partition coefficient (Wildman–Crippen LogP) is 3.93. The molecule has 0 bridgehead atoms. The van der Waals surface area contributed by atoms with Gasteiger partial charge >= 0.3 is 0 Å². The van der Waals surface area contributed by atoms with Crippen LogP contribution in [-0.2, 0) is 11.2 Å². The SMILES string of the molecule is COc1ccc(C(Cc2ccc(F)cc2)C(=O)Cl)cc1. The fraction of sp³-hybridized carbons (Fsp3) is 0.188. The molecule has 2 nitrogen and oxygen atoms in total. The van der Waals surface area contributed by atoms with Gasteiger partial charge in [0.1, 0.15) is 11.6 Å². The van der Waals surface area contributed by atoms with Crippen molar-refractivity contribution in [1.29, 1.82) is 0 Å². The molecule has 0 aliphatic rings. The lowest BCUT2D eigenvalue weighted by molar-refractivity contribution is -0.113. The van der Waals surface area contributed by atoms with E-state index >= 15 is 0 Å². The average Bonchev–Trinajstić information content (AvgIpc) is 2.46. The van der Waals surface area contributed by atoms with Crippen molar-refractivity contribution in [2.45, 2.75) is 12.3 Å². The van der Waals surface area contributed by atoms with Crippen LogP contribution in [0.1, 0.15) is 17.0 Å². The summed E-state index contributed by atoms with van der Waals surface area (Å²) < 4.78 is 18.0. The van der Waals surface area contributed by atoms with Gasteiger partial charge < -0.3 is 4.74 Å². The van der Waals surface area contributed by atoms with Gasteiger partial charge in [0.05, 0.1) is 13.0 Å². The molecule has 0 aromatic heterocycles. The van der Waals surface area contributed by atoms with Crippen LogP contribution in [0, 0.1) is 5.82 Å². The Labute approximate surface area is 122 Å². The van der Waals surface area contributed by atoms with E-state index in [1.54, 1.807) is 31.4 Å². The summed E-state index contributed by atoms with van der Waals surface area (Å²) in [5.41, 5.74) is 1.68. The van der Waals surface area contributed by atoms with Crippen LogP contribution < -0.4 is 4.74 Å². The Morgan fingerprint density at radius 1 is 1.15 bits per heavy atom. The van der Waals surface area contributed by atoms with Gasteiger partial charge in [-0.25, -0.2) is 4.39 Å². The third-order valence-corrected chi connectivity index (χ3v) is 3.41. The zero-order valence-electron chi connectivity index (χ0n) is 11.0. The van der Waals surface area contributed by atoms with E-state index in [1.165, 1.54) is 12.1 Å². The van der Waals surface area contributed by atoms with Crippen molar-refractivity contribution in [3.63, 3.8) is 0 Å². The van der Waals surface area contributed by atoms with E-state index in [0.29, 0.717) is 6.42 Å². The van der Waals surface area contributed by atoms with E-state index in [0.717, 1.165) is 16.9 Å². The number of hydrogen-bond acceptors (Lipinski definition) is 2. The van der Waals surface area contributed by atoms with Gasteiger partial charge in [0.25, 0.3) is 0 Å². The Hall–Kier alpha value is -1.87. The van der Waals surface area contributed by atoms with Crippen LogP contribution in [0.25, 0.3) is 0 Å². The molecule has 0 aliphatic carbocycles. The Balaban J connectivity index is 2.22. The zero-order valence-corrected chi connectivity index (χ0v) is 11.7. The van der Waals surface area contributed by atoms with Crippen LogP contribution in [0.5, 0.6) is 5.75 Å². The van der Waals surface area contributed by atoms with E-state index in [-0.39, 0.29) is 5.82 Å². The fourth-order valence-corrected chi connectivity index (χ4v) is 2.22. The molecule has 1 unspecified atom stereocenters. The third kappa shape index (κ3) is 3.58. The number of hydrogen-bond donors (Lipinski definition) is 0. The molecule has 4 heteroatoms. The second kappa shape index (κ2) is 6.53. The Kier molecular flexibility index (Phi) is 4.74. The summed E-state index contributed by atoms with van der Waals surface area (Å²) in [6, 6.07) is 13.3. The molecular weight excluding hydrogens is 279 g/mol. The molecule has 0 heterocycles. The van der Waals surface area contributed by atoms with Crippen LogP contribution in [-0.4, -0.2) is 12.4 Å². The number of carbonyl (C=O) groups is 1. The van der Waals surface area contributed by atoms with Gasteiger partial charge in [0, 0.05) is 0 Å². The van der Waals surface area contributed by atoms with Crippen LogP contribution in [0.15, 0.2) is 48.5 Å². The Morgan fingerprint density at radius 2 is 1.75 bits per heavy atom. The number of benzene rings is 2. The highest BCUT2D eigenvalue weighted by molar-refractivity contribution is 6.64. The van der Waals surface area contributed by atoms with Gasteiger partial charge in [-0.1, -0.05) is 24.3 Å². The van der Waals surface area contributed by atoms with Gasteiger partial charge in [-0.05, 0) is 53.4 Å². The van der Waals surface area contributed by atoms with Gasteiger partial charge in [0.15, 0.2) is 0 Å². The summed E-state index contributed by atoms with van der Waals surface area (Å²) in [5, 5.41) is -0.431. The maximum absolute atomic E-state index is 12.9. The molecule has 104 valence electrons. The highest BCUT2D eigenvalue weighted by Crippen LogP contribution is 2.25. The molecule has 2 aromatic carbocycles. The van der Waals surface area contributed by atoms with Gasteiger partial charge in [-0.15, -0.1) is 0 Å². The second-order valence-electron chi connectivity index (χ2n) is 4.46. The summed E-state index contributed by atoms with van der Waals surface area (Å²) in [6.07, 6.45) is 0.439.